The number of aromatic nitrogens is 2. The van der Waals surface area contributed by atoms with Crippen molar-refractivity contribution < 1.29 is 9.59 Å². The van der Waals surface area contributed by atoms with Crippen LogP contribution in [0.2, 0.25) is 0 Å². The number of benzene rings is 1. The Balaban J connectivity index is 2.44. The number of hydrogen-bond donors (Lipinski definition) is 2. The molecule has 0 bridgehead atoms. The second kappa shape index (κ2) is 7.04. The summed E-state index contributed by atoms with van der Waals surface area (Å²) in [5.41, 5.74) is -0.271. The molecular weight excluding hydrogens is 296 g/mol. The van der Waals surface area contributed by atoms with Crippen LogP contribution in [0.15, 0.2) is 29.1 Å². The molecule has 7 nitrogen and oxygen atoms in total. The van der Waals surface area contributed by atoms with Crippen LogP contribution < -0.4 is 16.2 Å². The molecule has 1 aromatic heterocycles. The minimum atomic E-state index is -0.405. The summed E-state index contributed by atoms with van der Waals surface area (Å²) in [5, 5.41) is 10.1. The summed E-state index contributed by atoms with van der Waals surface area (Å²) in [6.45, 7) is 4.25. The summed E-state index contributed by atoms with van der Waals surface area (Å²) in [7, 11) is 1.49. The van der Waals surface area contributed by atoms with Crippen LogP contribution in [0.4, 0.5) is 0 Å². The molecule has 0 unspecified atom stereocenters. The number of nitrogens with one attached hydrogen (secondary N) is 2. The number of amides is 2. The molecular formula is C16H20N4O3. The van der Waals surface area contributed by atoms with Crippen molar-refractivity contribution in [3.8, 4) is 0 Å². The van der Waals surface area contributed by atoms with Crippen LogP contribution in [-0.4, -0.2) is 35.2 Å². The van der Waals surface area contributed by atoms with E-state index >= 15 is 0 Å². The van der Waals surface area contributed by atoms with Gasteiger partial charge < -0.3 is 10.6 Å². The molecule has 0 radical (unpaired) electrons. The van der Waals surface area contributed by atoms with Crippen molar-refractivity contribution in [2.24, 2.45) is 5.92 Å². The van der Waals surface area contributed by atoms with Gasteiger partial charge in [-0.3, -0.25) is 14.4 Å². The van der Waals surface area contributed by atoms with Crippen LogP contribution >= 0.6 is 0 Å². The lowest BCUT2D eigenvalue weighted by Crippen LogP contribution is -2.36. The zero-order chi connectivity index (χ0) is 17.0. The lowest BCUT2D eigenvalue weighted by Gasteiger charge is -2.11. The Morgan fingerprint density at radius 1 is 1.22 bits per heavy atom. The second-order valence-corrected chi connectivity index (χ2v) is 5.63. The van der Waals surface area contributed by atoms with Gasteiger partial charge in [-0.2, -0.15) is 5.10 Å². The molecule has 0 aliphatic carbocycles. The van der Waals surface area contributed by atoms with Crippen LogP contribution in [0.5, 0.6) is 0 Å². The maximum Gasteiger partial charge on any atom is 0.275 e. The molecule has 1 heterocycles. The van der Waals surface area contributed by atoms with E-state index in [0.717, 1.165) is 4.68 Å². The van der Waals surface area contributed by atoms with Crippen molar-refractivity contribution >= 4 is 22.6 Å². The summed E-state index contributed by atoms with van der Waals surface area (Å²) in [5.74, 6) is -0.411. The summed E-state index contributed by atoms with van der Waals surface area (Å²) >= 11 is 0. The van der Waals surface area contributed by atoms with E-state index in [1.165, 1.54) is 7.05 Å². The SMILES string of the molecule is CNC(=O)c1nn(CC(=O)NCC(C)C)c(=O)c2ccccc12. The predicted molar refractivity (Wildman–Crippen MR) is 87.2 cm³/mol. The van der Waals surface area contributed by atoms with Crippen molar-refractivity contribution in [3.05, 3.63) is 40.3 Å². The van der Waals surface area contributed by atoms with Crippen molar-refractivity contribution in [1.29, 1.82) is 0 Å². The molecule has 0 spiro atoms. The first kappa shape index (κ1) is 16.7. The summed E-state index contributed by atoms with van der Waals surface area (Å²) in [6, 6.07) is 6.72. The normalized spacial score (nSPS) is 10.8. The van der Waals surface area contributed by atoms with Crippen molar-refractivity contribution in [3.63, 3.8) is 0 Å². The highest BCUT2D eigenvalue weighted by molar-refractivity contribution is 6.04. The van der Waals surface area contributed by atoms with Crippen LogP contribution in [-0.2, 0) is 11.3 Å². The molecule has 2 N–H and O–H groups in total. The molecule has 2 aromatic rings. The van der Waals surface area contributed by atoms with E-state index in [4.69, 9.17) is 0 Å². The molecule has 0 aliphatic rings. The van der Waals surface area contributed by atoms with Gasteiger partial charge in [0.2, 0.25) is 5.91 Å². The third-order valence-corrected chi connectivity index (χ3v) is 3.31. The molecule has 0 fully saturated rings. The molecule has 7 heteroatoms. The standard InChI is InChI=1S/C16H20N4O3/c1-10(2)8-18-13(21)9-20-16(23)12-7-5-4-6-11(12)14(19-20)15(22)17-3/h4-7,10H,8-9H2,1-3H3,(H,17,22)(H,18,21). The molecule has 2 amide bonds. The maximum absolute atomic E-state index is 12.5. The summed E-state index contributed by atoms with van der Waals surface area (Å²) < 4.78 is 1.03. The molecule has 0 saturated heterocycles. The predicted octanol–water partition coefficient (Wildman–Crippen LogP) is 0.528. The maximum atomic E-state index is 12.5. The Bertz CT molecular complexity index is 796. The zero-order valence-corrected chi connectivity index (χ0v) is 13.4. The Hall–Kier alpha value is -2.70. The van der Waals surface area contributed by atoms with Crippen LogP contribution in [0, 0.1) is 5.92 Å². The van der Waals surface area contributed by atoms with Gasteiger partial charge in [0.1, 0.15) is 6.54 Å². The van der Waals surface area contributed by atoms with Crippen molar-refractivity contribution in [2.75, 3.05) is 13.6 Å². The van der Waals surface area contributed by atoms with Gasteiger partial charge in [0, 0.05) is 19.0 Å². The van der Waals surface area contributed by atoms with E-state index in [1.54, 1.807) is 24.3 Å². The fourth-order valence-corrected chi connectivity index (χ4v) is 2.14. The highest BCUT2D eigenvalue weighted by Crippen LogP contribution is 2.12. The smallest absolute Gasteiger partial charge is 0.275 e. The number of fused-ring (bicyclic) bond motifs is 1. The Morgan fingerprint density at radius 3 is 2.48 bits per heavy atom. The molecule has 0 atom stereocenters. The zero-order valence-electron chi connectivity index (χ0n) is 13.4. The van der Waals surface area contributed by atoms with Gasteiger partial charge in [-0.15, -0.1) is 0 Å². The van der Waals surface area contributed by atoms with Gasteiger partial charge >= 0.3 is 0 Å². The highest BCUT2D eigenvalue weighted by Gasteiger charge is 2.16. The first-order valence-electron chi connectivity index (χ1n) is 7.42. The lowest BCUT2D eigenvalue weighted by molar-refractivity contribution is -0.122. The number of nitrogens with zero attached hydrogens (tertiary/aromatic N) is 2. The topological polar surface area (TPSA) is 93.1 Å². The van der Waals surface area contributed by atoms with E-state index in [0.29, 0.717) is 23.2 Å². The summed E-state index contributed by atoms with van der Waals surface area (Å²) in [4.78, 5) is 36.4. The number of hydrogen-bond acceptors (Lipinski definition) is 4. The minimum absolute atomic E-state index is 0.124. The molecule has 0 saturated carbocycles. The first-order valence-corrected chi connectivity index (χ1v) is 7.42. The van der Waals surface area contributed by atoms with Crippen LogP contribution in [0.25, 0.3) is 10.8 Å². The average molecular weight is 316 g/mol. The minimum Gasteiger partial charge on any atom is -0.354 e. The molecule has 1 aromatic carbocycles. The van der Waals surface area contributed by atoms with E-state index in [9.17, 15) is 14.4 Å². The third kappa shape index (κ3) is 3.74. The largest absolute Gasteiger partial charge is 0.354 e. The van der Waals surface area contributed by atoms with Crippen molar-refractivity contribution in [2.45, 2.75) is 20.4 Å². The molecule has 2 rings (SSSR count). The second-order valence-electron chi connectivity index (χ2n) is 5.63. The van der Waals surface area contributed by atoms with Gasteiger partial charge in [-0.1, -0.05) is 32.0 Å². The van der Waals surface area contributed by atoms with Gasteiger partial charge in [0.25, 0.3) is 11.5 Å². The van der Waals surface area contributed by atoms with Gasteiger partial charge in [0.05, 0.1) is 5.39 Å². The Labute approximate surface area is 133 Å². The number of rotatable bonds is 5. The van der Waals surface area contributed by atoms with E-state index in [2.05, 4.69) is 15.7 Å². The third-order valence-electron chi connectivity index (χ3n) is 3.31. The number of carbonyl (C=O) groups is 2. The van der Waals surface area contributed by atoms with Crippen LogP contribution in [0.1, 0.15) is 24.3 Å². The molecule has 23 heavy (non-hydrogen) atoms. The Morgan fingerprint density at radius 2 is 1.87 bits per heavy atom. The van der Waals surface area contributed by atoms with Crippen molar-refractivity contribution in [1.82, 2.24) is 20.4 Å². The fourth-order valence-electron chi connectivity index (χ4n) is 2.14. The molecule has 122 valence electrons. The van der Waals surface area contributed by atoms with E-state index in [-0.39, 0.29) is 18.1 Å². The van der Waals surface area contributed by atoms with E-state index < -0.39 is 11.5 Å². The van der Waals surface area contributed by atoms with Gasteiger partial charge in [-0.25, -0.2) is 4.68 Å². The summed E-state index contributed by atoms with van der Waals surface area (Å²) in [6.07, 6.45) is 0. The lowest BCUT2D eigenvalue weighted by atomic mass is 10.1. The van der Waals surface area contributed by atoms with Gasteiger partial charge in [-0.05, 0) is 12.0 Å². The van der Waals surface area contributed by atoms with Crippen LogP contribution in [0.3, 0.4) is 0 Å². The molecule has 0 aliphatic heterocycles. The number of carbonyl (C=O) groups excluding carboxylic acids is 2. The quantitative estimate of drug-likeness (QED) is 0.841. The fraction of sp³-hybridized carbons (Fsp3) is 0.375. The Kier molecular flexibility index (Phi) is 5.10. The van der Waals surface area contributed by atoms with E-state index in [1.807, 2.05) is 13.8 Å². The average Bonchev–Trinajstić information content (AvgIpc) is 2.55. The first-order chi connectivity index (χ1) is 10.9. The highest BCUT2D eigenvalue weighted by atomic mass is 16.2. The monoisotopic (exact) mass is 316 g/mol. The van der Waals surface area contributed by atoms with Gasteiger partial charge in [0.15, 0.2) is 5.69 Å².